The smallest absolute Gasteiger partial charge is 0.314 e. The predicted octanol–water partition coefficient (Wildman–Crippen LogP) is 3.70. The van der Waals surface area contributed by atoms with E-state index in [0.717, 1.165) is 15.6 Å². The van der Waals surface area contributed by atoms with E-state index >= 15 is 0 Å². The minimum Gasteiger partial charge on any atom is -0.495 e. The van der Waals surface area contributed by atoms with E-state index in [4.69, 9.17) is 4.74 Å². The summed E-state index contributed by atoms with van der Waals surface area (Å²) in [6.45, 7) is 4.19. The van der Waals surface area contributed by atoms with Crippen molar-refractivity contribution >= 4 is 21.9 Å². The number of ether oxygens (including phenoxy) is 1. The van der Waals surface area contributed by atoms with Gasteiger partial charge in [-0.25, -0.2) is 0 Å². The molecule has 1 fully saturated rings. The van der Waals surface area contributed by atoms with Gasteiger partial charge in [-0.2, -0.15) is 0 Å². The van der Waals surface area contributed by atoms with E-state index in [1.54, 1.807) is 7.11 Å². The molecule has 0 bridgehead atoms. The molecule has 1 aliphatic carbocycles. The molecule has 1 saturated carbocycles. The summed E-state index contributed by atoms with van der Waals surface area (Å²) in [5.41, 5.74) is 1.19. The number of halogens is 1. The summed E-state index contributed by atoms with van der Waals surface area (Å²) in [4.78, 5) is 11.5. The third kappa shape index (κ3) is 2.03. The minimum absolute atomic E-state index is 0.357. The van der Waals surface area contributed by atoms with Crippen molar-refractivity contribution in [1.29, 1.82) is 0 Å². The second-order valence-corrected chi connectivity index (χ2v) is 5.98. The minimum atomic E-state index is -0.756. The maximum Gasteiger partial charge on any atom is 0.314 e. The second-order valence-electron chi connectivity index (χ2n) is 5.13. The summed E-state index contributed by atoms with van der Waals surface area (Å²) < 4.78 is 6.21. The van der Waals surface area contributed by atoms with Crippen molar-refractivity contribution < 1.29 is 14.6 Å². The van der Waals surface area contributed by atoms with E-state index in [-0.39, 0.29) is 0 Å². The van der Waals surface area contributed by atoms with Gasteiger partial charge in [0.15, 0.2) is 0 Å². The maximum absolute atomic E-state index is 11.5. The summed E-state index contributed by atoms with van der Waals surface area (Å²) >= 11 is 3.48. The number of carbonyl (C=O) groups is 1. The van der Waals surface area contributed by atoms with Crippen molar-refractivity contribution in [3.8, 4) is 5.75 Å². The lowest BCUT2D eigenvalue weighted by molar-refractivity contribution is -0.140. The number of hydrogen-bond acceptors (Lipinski definition) is 2. The molecule has 0 atom stereocenters. The van der Waals surface area contributed by atoms with Crippen molar-refractivity contribution in [2.24, 2.45) is 0 Å². The first kappa shape index (κ1) is 13.4. The third-order valence-electron chi connectivity index (χ3n) is 3.61. The van der Waals surface area contributed by atoms with Crippen LogP contribution in [-0.4, -0.2) is 18.2 Å². The SMILES string of the molecule is COc1c(Br)cc(C(C)C)cc1C1(C(=O)O)CC1. The molecule has 0 aliphatic heterocycles. The van der Waals surface area contributed by atoms with E-state index in [9.17, 15) is 9.90 Å². The first-order chi connectivity index (χ1) is 8.42. The summed E-state index contributed by atoms with van der Waals surface area (Å²) in [5.74, 6) is 0.253. The standard InChI is InChI=1S/C14H17BrO3/c1-8(2)9-6-10(12(18-3)11(15)7-9)14(4-5-14)13(16)17/h6-8H,4-5H2,1-3H3,(H,16,17). The van der Waals surface area contributed by atoms with Crippen molar-refractivity contribution in [3.05, 3.63) is 27.7 Å². The average molecular weight is 313 g/mol. The number of carboxylic acids is 1. The Morgan fingerprint density at radius 3 is 2.44 bits per heavy atom. The molecule has 0 saturated heterocycles. The monoisotopic (exact) mass is 312 g/mol. The molecule has 0 unspecified atom stereocenters. The van der Waals surface area contributed by atoms with Crippen molar-refractivity contribution in [2.75, 3.05) is 7.11 Å². The fourth-order valence-corrected chi connectivity index (χ4v) is 2.87. The Hall–Kier alpha value is -1.03. The van der Waals surface area contributed by atoms with Crippen LogP contribution in [0.15, 0.2) is 16.6 Å². The highest BCUT2D eigenvalue weighted by molar-refractivity contribution is 9.10. The van der Waals surface area contributed by atoms with Crippen molar-refractivity contribution in [2.45, 2.75) is 38.0 Å². The Morgan fingerprint density at radius 2 is 2.06 bits per heavy atom. The molecule has 0 radical (unpaired) electrons. The third-order valence-corrected chi connectivity index (χ3v) is 4.20. The molecule has 2 rings (SSSR count). The molecule has 0 aromatic heterocycles. The van der Waals surface area contributed by atoms with Gasteiger partial charge in [-0.15, -0.1) is 0 Å². The number of carboxylic acid groups (broad SMARTS) is 1. The van der Waals surface area contributed by atoms with Gasteiger partial charge in [-0.1, -0.05) is 19.9 Å². The fraction of sp³-hybridized carbons (Fsp3) is 0.500. The molecule has 0 amide bonds. The van der Waals surface area contributed by atoms with Crippen LogP contribution in [0.25, 0.3) is 0 Å². The summed E-state index contributed by atoms with van der Waals surface area (Å²) in [7, 11) is 1.58. The second kappa shape index (κ2) is 4.57. The van der Waals surface area contributed by atoms with Gasteiger partial charge in [0.1, 0.15) is 5.75 Å². The lowest BCUT2D eigenvalue weighted by atomic mass is 9.90. The van der Waals surface area contributed by atoms with E-state index in [2.05, 4.69) is 29.8 Å². The Kier molecular flexibility index (Phi) is 3.41. The molecular formula is C14H17BrO3. The highest BCUT2D eigenvalue weighted by Gasteiger charge is 2.53. The van der Waals surface area contributed by atoms with Crippen molar-refractivity contribution in [3.63, 3.8) is 0 Å². The normalized spacial score (nSPS) is 16.7. The van der Waals surface area contributed by atoms with Crippen LogP contribution in [-0.2, 0) is 10.2 Å². The van der Waals surface area contributed by atoms with E-state index < -0.39 is 11.4 Å². The highest BCUT2D eigenvalue weighted by Crippen LogP contribution is 2.53. The molecule has 1 N–H and O–H groups in total. The van der Waals surface area contributed by atoms with Gasteiger partial charge in [-0.3, -0.25) is 4.79 Å². The van der Waals surface area contributed by atoms with Crippen LogP contribution in [0.5, 0.6) is 5.75 Å². The van der Waals surface area contributed by atoms with Gasteiger partial charge in [0, 0.05) is 5.56 Å². The summed E-state index contributed by atoms with van der Waals surface area (Å²) in [6, 6.07) is 3.99. The first-order valence-electron chi connectivity index (χ1n) is 6.03. The van der Waals surface area contributed by atoms with Crippen LogP contribution >= 0.6 is 15.9 Å². The molecule has 0 heterocycles. The van der Waals surface area contributed by atoms with Gasteiger partial charge in [0.2, 0.25) is 0 Å². The van der Waals surface area contributed by atoms with Gasteiger partial charge >= 0.3 is 5.97 Å². The zero-order chi connectivity index (χ0) is 13.5. The quantitative estimate of drug-likeness (QED) is 0.922. The molecular weight excluding hydrogens is 296 g/mol. The average Bonchev–Trinajstić information content (AvgIpc) is 3.08. The number of methoxy groups -OCH3 is 1. The van der Waals surface area contributed by atoms with Gasteiger partial charge in [0.05, 0.1) is 17.0 Å². The molecule has 18 heavy (non-hydrogen) atoms. The van der Waals surface area contributed by atoms with Gasteiger partial charge < -0.3 is 9.84 Å². The zero-order valence-electron chi connectivity index (χ0n) is 10.8. The van der Waals surface area contributed by atoms with Crippen LogP contribution in [0, 0.1) is 0 Å². The number of rotatable bonds is 4. The lowest BCUT2D eigenvalue weighted by Crippen LogP contribution is -2.21. The Bertz CT molecular complexity index is 490. The molecule has 4 heteroatoms. The van der Waals surface area contributed by atoms with E-state index in [1.807, 2.05) is 12.1 Å². The Morgan fingerprint density at radius 1 is 1.44 bits per heavy atom. The highest BCUT2D eigenvalue weighted by atomic mass is 79.9. The van der Waals surface area contributed by atoms with Gasteiger partial charge in [-0.05, 0) is 46.3 Å². The largest absolute Gasteiger partial charge is 0.495 e. The predicted molar refractivity (Wildman–Crippen MR) is 73.3 cm³/mol. The van der Waals surface area contributed by atoms with Crippen LogP contribution in [0.2, 0.25) is 0 Å². The number of hydrogen-bond donors (Lipinski definition) is 1. The van der Waals surface area contributed by atoms with Crippen LogP contribution in [0.1, 0.15) is 43.7 Å². The van der Waals surface area contributed by atoms with E-state index in [1.165, 1.54) is 0 Å². The number of aliphatic carboxylic acids is 1. The lowest BCUT2D eigenvalue weighted by Gasteiger charge is -2.19. The Labute approximate surface area is 115 Å². The van der Waals surface area contributed by atoms with Crippen molar-refractivity contribution in [1.82, 2.24) is 0 Å². The fourth-order valence-electron chi connectivity index (χ4n) is 2.23. The molecule has 1 aromatic carbocycles. The summed E-state index contributed by atoms with van der Waals surface area (Å²) in [5, 5.41) is 9.43. The van der Waals surface area contributed by atoms with Gasteiger partial charge in [0.25, 0.3) is 0 Å². The maximum atomic E-state index is 11.5. The Balaban J connectivity index is 2.61. The zero-order valence-corrected chi connectivity index (χ0v) is 12.4. The molecule has 0 spiro atoms. The molecule has 3 nitrogen and oxygen atoms in total. The summed E-state index contributed by atoms with van der Waals surface area (Å²) in [6.07, 6.45) is 1.37. The van der Waals surface area contributed by atoms with E-state index in [0.29, 0.717) is 24.5 Å². The molecule has 1 aromatic rings. The molecule has 98 valence electrons. The number of benzene rings is 1. The topological polar surface area (TPSA) is 46.5 Å². The first-order valence-corrected chi connectivity index (χ1v) is 6.83. The van der Waals surface area contributed by atoms with Crippen LogP contribution in [0.4, 0.5) is 0 Å². The van der Waals surface area contributed by atoms with Crippen LogP contribution in [0.3, 0.4) is 0 Å². The molecule has 1 aliphatic rings. The van der Waals surface area contributed by atoms with Crippen LogP contribution < -0.4 is 4.74 Å².